The molecular formula is C26H30N4O2. The number of nitrogens with zero attached hydrogens (tertiary/aromatic N) is 1. The van der Waals surface area contributed by atoms with Crippen LogP contribution in [0.15, 0.2) is 48.7 Å². The highest BCUT2D eigenvalue weighted by Crippen LogP contribution is 2.38. The second kappa shape index (κ2) is 8.43. The Bertz CT molecular complexity index is 1150. The fraction of sp³-hybridized carbons (Fsp3) is 0.385. The van der Waals surface area contributed by atoms with Gasteiger partial charge in [0.2, 0.25) is 5.91 Å². The maximum Gasteiger partial charge on any atom is 0.251 e. The first-order valence-corrected chi connectivity index (χ1v) is 11.5. The number of amides is 2. The molecule has 32 heavy (non-hydrogen) atoms. The molecule has 2 aromatic carbocycles. The molecule has 1 saturated carbocycles. The minimum absolute atomic E-state index is 0.127. The summed E-state index contributed by atoms with van der Waals surface area (Å²) in [4.78, 5) is 30.2. The smallest absolute Gasteiger partial charge is 0.251 e. The van der Waals surface area contributed by atoms with Crippen LogP contribution in [0.5, 0.6) is 0 Å². The Morgan fingerprint density at radius 1 is 1.00 bits per heavy atom. The van der Waals surface area contributed by atoms with Gasteiger partial charge >= 0.3 is 0 Å². The van der Waals surface area contributed by atoms with Crippen molar-refractivity contribution in [3.63, 3.8) is 0 Å². The predicted molar refractivity (Wildman–Crippen MR) is 126 cm³/mol. The minimum atomic E-state index is -0.504. The van der Waals surface area contributed by atoms with Gasteiger partial charge in [0.15, 0.2) is 0 Å². The van der Waals surface area contributed by atoms with E-state index in [0.717, 1.165) is 13.1 Å². The normalized spacial score (nSPS) is 21.9. The van der Waals surface area contributed by atoms with E-state index in [1.165, 1.54) is 42.1 Å². The molecule has 0 spiro atoms. The first kappa shape index (κ1) is 20.8. The van der Waals surface area contributed by atoms with Gasteiger partial charge in [0.05, 0.1) is 6.04 Å². The molecule has 1 aromatic heterocycles. The number of hydrogen-bond donors (Lipinski definition) is 3. The van der Waals surface area contributed by atoms with Crippen molar-refractivity contribution in [2.75, 3.05) is 13.1 Å². The molecule has 2 amide bonds. The van der Waals surface area contributed by atoms with Gasteiger partial charge in [0.1, 0.15) is 0 Å². The number of rotatable bonds is 5. The van der Waals surface area contributed by atoms with E-state index in [2.05, 4.69) is 45.7 Å². The van der Waals surface area contributed by atoms with Crippen LogP contribution in [0.1, 0.15) is 63.4 Å². The van der Waals surface area contributed by atoms with Crippen LogP contribution in [-0.4, -0.2) is 46.9 Å². The number of nitrogens with one attached hydrogen (secondary N) is 2. The Hall–Kier alpha value is -3.12. The quantitative estimate of drug-likeness (QED) is 0.576. The molecule has 0 unspecified atom stereocenters. The summed E-state index contributed by atoms with van der Waals surface area (Å²) >= 11 is 0. The zero-order valence-electron chi connectivity index (χ0n) is 18.4. The number of carbonyl (C=O) groups excluding carboxylic acids is 2. The molecular weight excluding hydrogens is 400 g/mol. The lowest BCUT2D eigenvalue weighted by molar-refractivity contribution is 0.0484. The van der Waals surface area contributed by atoms with Crippen LogP contribution in [0.25, 0.3) is 10.9 Å². The summed E-state index contributed by atoms with van der Waals surface area (Å²) in [5, 5.41) is 4.48. The molecule has 1 aliphatic heterocycles. The first-order chi connectivity index (χ1) is 15.5. The molecule has 1 saturated heterocycles. The molecule has 6 nitrogen and oxygen atoms in total. The lowest BCUT2D eigenvalue weighted by Gasteiger charge is -2.46. The average molecular weight is 431 g/mol. The number of primary amides is 1. The van der Waals surface area contributed by atoms with Gasteiger partial charge in [0, 0.05) is 47.4 Å². The summed E-state index contributed by atoms with van der Waals surface area (Å²) in [6, 6.07) is 14.4. The van der Waals surface area contributed by atoms with Crippen molar-refractivity contribution in [1.82, 2.24) is 15.2 Å². The Kier molecular flexibility index (Phi) is 5.47. The largest absolute Gasteiger partial charge is 0.366 e. The predicted octanol–water partition coefficient (Wildman–Crippen LogP) is 3.72. The average Bonchev–Trinajstić information content (AvgIpc) is 3.20. The molecule has 0 bridgehead atoms. The van der Waals surface area contributed by atoms with Crippen molar-refractivity contribution in [3.8, 4) is 0 Å². The van der Waals surface area contributed by atoms with Gasteiger partial charge in [-0.15, -0.1) is 0 Å². The van der Waals surface area contributed by atoms with Crippen LogP contribution in [0.3, 0.4) is 0 Å². The number of carbonyl (C=O) groups is 2. The molecule has 0 atom stereocenters. The molecule has 2 aliphatic rings. The van der Waals surface area contributed by atoms with E-state index in [4.69, 9.17) is 5.73 Å². The first-order valence-electron chi connectivity index (χ1n) is 11.5. The number of para-hydroxylation sites is 1. The van der Waals surface area contributed by atoms with Gasteiger partial charge in [-0.2, -0.15) is 0 Å². The Labute approximate surface area is 188 Å². The van der Waals surface area contributed by atoms with Gasteiger partial charge in [-0.3, -0.25) is 14.5 Å². The zero-order chi connectivity index (χ0) is 22.2. The third-order valence-electron chi connectivity index (χ3n) is 7.36. The molecule has 3 aromatic rings. The molecule has 5 rings (SSSR count). The van der Waals surface area contributed by atoms with Gasteiger partial charge in [-0.25, -0.2) is 0 Å². The summed E-state index contributed by atoms with van der Waals surface area (Å²) in [5.41, 5.74) is 9.67. The zero-order valence-corrected chi connectivity index (χ0v) is 18.4. The summed E-state index contributed by atoms with van der Waals surface area (Å²) in [6.45, 7) is 3.56. The van der Waals surface area contributed by atoms with Crippen LogP contribution >= 0.6 is 0 Å². The van der Waals surface area contributed by atoms with E-state index >= 15 is 0 Å². The second-order valence-corrected chi connectivity index (χ2v) is 9.26. The van der Waals surface area contributed by atoms with Crippen LogP contribution in [0, 0.1) is 6.92 Å². The molecule has 2 heterocycles. The highest BCUT2D eigenvalue weighted by molar-refractivity contribution is 6.01. The van der Waals surface area contributed by atoms with Gasteiger partial charge in [0.25, 0.3) is 5.91 Å². The molecule has 0 radical (unpaired) electrons. The van der Waals surface area contributed by atoms with E-state index in [-0.39, 0.29) is 11.9 Å². The lowest BCUT2D eigenvalue weighted by atomic mass is 9.80. The van der Waals surface area contributed by atoms with Crippen LogP contribution in [0.4, 0.5) is 0 Å². The number of hydrogen-bond acceptors (Lipinski definition) is 3. The second-order valence-electron chi connectivity index (χ2n) is 9.26. The Morgan fingerprint density at radius 2 is 1.72 bits per heavy atom. The molecule has 2 fully saturated rings. The maximum atomic E-state index is 12.7. The summed E-state index contributed by atoms with van der Waals surface area (Å²) in [6.07, 6.45) is 7.01. The number of aromatic nitrogens is 1. The monoisotopic (exact) mass is 430 g/mol. The highest BCUT2D eigenvalue weighted by Gasteiger charge is 2.36. The standard InChI is InChI=1S/C26H30N4O2/c1-16-20(25(27)31)6-4-7-21(16)26(32)29-18-14-30(15-18)19-11-9-17(10-12-19)23-13-28-24-8-3-2-5-22(23)24/h2-8,13,17-19,28H,9-12,14-15H2,1H3,(H2,27,31)(H,29,32). The fourth-order valence-electron chi connectivity index (χ4n) is 5.50. The number of aromatic amines is 1. The van der Waals surface area contributed by atoms with Crippen molar-refractivity contribution < 1.29 is 9.59 Å². The molecule has 1 aliphatic carbocycles. The van der Waals surface area contributed by atoms with Crippen molar-refractivity contribution in [3.05, 3.63) is 70.9 Å². The summed E-state index contributed by atoms with van der Waals surface area (Å²) < 4.78 is 0. The SMILES string of the molecule is Cc1c(C(N)=O)cccc1C(=O)NC1CN(C2CCC(c3c[nH]c4ccccc34)CC2)C1. The summed E-state index contributed by atoms with van der Waals surface area (Å²) in [7, 11) is 0. The minimum Gasteiger partial charge on any atom is -0.366 e. The number of benzene rings is 2. The number of nitrogens with two attached hydrogens (primary N) is 1. The van der Waals surface area contributed by atoms with Crippen LogP contribution in [-0.2, 0) is 0 Å². The van der Waals surface area contributed by atoms with Crippen molar-refractivity contribution in [2.24, 2.45) is 5.73 Å². The number of fused-ring (bicyclic) bond motifs is 1. The van der Waals surface area contributed by atoms with E-state index in [1.807, 2.05) is 0 Å². The van der Waals surface area contributed by atoms with Crippen LogP contribution in [0.2, 0.25) is 0 Å². The van der Waals surface area contributed by atoms with Crippen molar-refractivity contribution in [2.45, 2.75) is 50.6 Å². The third-order valence-corrected chi connectivity index (χ3v) is 7.36. The van der Waals surface area contributed by atoms with E-state index in [9.17, 15) is 9.59 Å². The van der Waals surface area contributed by atoms with Gasteiger partial charge in [-0.05, 0) is 67.9 Å². The third kappa shape index (κ3) is 3.79. The molecule has 6 heteroatoms. The maximum absolute atomic E-state index is 12.7. The lowest BCUT2D eigenvalue weighted by Crippen LogP contribution is -2.62. The number of H-pyrrole nitrogens is 1. The van der Waals surface area contributed by atoms with Gasteiger partial charge in [-0.1, -0.05) is 24.3 Å². The molecule has 4 N–H and O–H groups in total. The van der Waals surface area contributed by atoms with E-state index in [1.54, 1.807) is 25.1 Å². The molecule has 166 valence electrons. The van der Waals surface area contributed by atoms with E-state index < -0.39 is 5.91 Å². The number of likely N-dealkylation sites (tertiary alicyclic amines) is 1. The Balaban J connectivity index is 1.13. The topological polar surface area (TPSA) is 91.2 Å². The fourth-order valence-corrected chi connectivity index (χ4v) is 5.50. The van der Waals surface area contributed by atoms with Crippen molar-refractivity contribution >= 4 is 22.7 Å². The van der Waals surface area contributed by atoms with Gasteiger partial charge < -0.3 is 16.0 Å². The van der Waals surface area contributed by atoms with E-state index in [0.29, 0.717) is 28.7 Å². The highest BCUT2D eigenvalue weighted by atomic mass is 16.2. The van der Waals surface area contributed by atoms with Crippen LogP contribution < -0.4 is 11.1 Å². The van der Waals surface area contributed by atoms with Crippen molar-refractivity contribution in [1.29, 1.82) is 0 Å². The summed E-state index contributed by atoms with van der Waals surface area (Å²) in [5.74, 6) is -0.00631. The Morgan fingerprint density at radius 3 is 2.47 bits per heavy atom.